The fourth-order valence-electron chi connectivity index (χ4n) is 3.13. The van der Waals surface area contributed by atoms with E-state index in [1.165, 1.54) is 25.1 Å². The molecule has 0 fully saturated rings. The molecule has 0 spiro atoms. The summed E-state index contributed by atoms with van der Waals surface area (Å²) in [7, 11) is -3.60. The van der Waals surface area contributed by atoms with E-state index in [1.54, 1.807) is 30.3 Å². The predicted octanol–water partition coefficient (Wildman–Crippen LogP) is 3.81. The van der Waals surface area contributed by atoms with Gasteiger partial charge in [-0.25, -0.2) is 12.8 Å². The van der Waals surface area contributed by atoms with Crippen molar-refractivity contribution in [3.63, 3.8) is 0 Å². The number of hydrogen-bond donors (Lipinski definition) is 1. The van der Waals surface area contributed by atoms with Crippen molar-refractivity contribution < 1.29 is 27.1 Å². The lowest BCUT2D eigenvalue weighted by molar-refractivity contribution is -0.114. The minimum atomic E-state index is -3.60. The zero-order valence-corrected chi connectivity index (χ0v) is 20.5. The molecule has 9 nitrogen and oxygen atoms in total. The smallest absolute Gasteiger partial charge is 0.283 e. The second-order valence-corrected chi connectivity index (χ2v) is 10.8. The summed E-state index contributed by atoms with van der Waals surface area (Å²) in [5, 5.41) is 13.5. The Bertz CT molecular complexity index is 1390. The second kappa shape index (κ2) is 10.0. The first-order valence-electron chi connectivity index (χ1n) is 10.6. The van der Waals surface area contributed by atoms with Crippen LogP contribution in [-0.4, -0.2) is 47.1 Å². The van der Waals surface area contributed by atoms with Gasteiger partial charge in [-0.15, -0.1) is 5.10 Å². The first-order chi connectivity index (χ1) is 16.7. The van der Waals surface area contributed by atoms with Crippen LogP contribution in [0, 0.1) is 11.2 Å². The molecule has 2 heterocycles. The Morgan fingerprint density at radius 2 is 1.86 bits per heavy atom. The Morgan fingerprint density at radius 3 is 2.54 bits per heavy atom. The lowest BCUT2D eigenvalue weighted by atomic mass is 10.1. The van der Waals surface area contributed by atoms with Gasteiger partial charge in [0, 0.05) is 0 Å². The number of amides is 1. The van der Waals surface area contributed by atoms with E-state index in [-0.39, 0.29) is 39.1 Å². The van der Waals surface area contributed by atoms with Crippen molar-refractivity contribution in [3.8, 4) is 11.5 Å². The number of benzene rings is 2. The van der Waals surface area contributed by atoms with Gasteiger partial charge in [0.2, 0.25) is 19.4 Å². The average Bonchev–Trinajstić information content (AvgIpc) is 3.27. The SMILES string of the molecule is CCOc1cc(/C=C2/C(=N)N3N=C(S(=O)(=O)CC)SC3=NC2=O)ccc1OCc1ccc(F)cc1. The number of nitrogens with one attached hydrogen (secondary N) is 1. The Balaban J connectivity index is 1.59. The number of fused-ring (bicyclic) bond motifs is 1. The average molecular weight is 517 g/mol. The van der Waals surface area contributed by atoms with Crippen LogP contribution in [-0.2, 0) is 21.2 Å². The molecule has 0 saturated heterocycles. The molecule has 182 valence electrons. The van der Waals surface area contributed by atoms with Gasteiger partial charge in [0.25, 0.3) is 5.91 Å². The highest BCUT2D eigenvalue weighted by molar-refractivity contribution is 8.42. The van der Waals surface area contributed by atoms with Crippen molar-refractivity contribution in [2.75, 3.05) is 12.4 Å². The molecule has 2 aliphatic heterocycles. The molecule has 0 atom stereocenters. The molecule has 4 rings (SSSR count). The molecule has 1 N–H and O–H groups in total. The predicted molar refractivity (Wildman–Crippen MR) is 133 cm³/mol. The van der Waals surface area contributed by atoms with Gasteiger partial charge in [-0.1, -0.05) is 25.1 Å². The Labute approximate surface area is 205 Å². The van der Waals surface area contributed by atoms with Gasteiger partial charge in [-0.3, -0.25) is 10.2 Å². The Kier molecular flexibility index (Phi) is 7.03. The topological polar surface area (TPSA) is 121 Å². The fourth-order valence-corrected chi connectivity index (χ4v) is 5.30. The van der Waals surface area contributed by atoms with E-state index in [1.807, 2.05) is 6.92 Å². The lowest BCUT2D eigenvalue weighted by Gasteiger charge is -2.20. The number of thioether (sulfide) groups is 1. The van der Waals surface area contributed by atoms with Crippen LogP contribution < -0.4 is 9.47 Å². The summed E-state index contributed by atoms with van der Waals surface area (Å²) in [6.45, 7) is 3.87. The standard InChI is InChI=1S/C23H21FN4O5S2/c1-3-32-19-12-15(7-10-18(19)33-13-14-5-8-16(24)9-6-14)11-17-20(25)28-22(26-21(17)29)34-23(27-28)35(30,31)4-2/h5-12,25H,3-4,13H2,1-2H3/b17-11-,25-20?. The zero-order valence-electron chi connectivity index (χ0n) is 18.8. The van der Waals surface area contributed by atoms with E-state index in [9.17, 15) is 17.6 Å². The van der Waals surface area contributed by atoms with Gasteiger partial charge in [0.05, 0.1) is 17.9 Å². The molecule has 2 aromatic carbocycles. The third kappa shape index (κ3) is 5.28. The molecule has 0 unspecified atom stereocenters. The third-order valence-electron chi connectivity index (χ3n) is 4.97. The Morgan fingerprint density at radius 1 is 1.11 bits per heavy atom. The van der Waals surface area contributed by atoms with E-state index in [0.717, 1.165) is 22.3 Å². The van der Waals surface area contributed by atoms with E-state index in [4.69, 9.17) is 14.9 Å². The summed E-state index contributed by atoms with van der Waals surface area (Å²) < 4.78 is 48.7. The number of aliphatic imine (C=N–C) groups is 1. The highest BCUT2D eigenvalue weighted by Gasteiger charge is 2.39. The zero-order chi connectivity index (χ0) is 25.2. The number of rotatable bonds is 7. The molecule has 0 aliphatic carbocycles. The number of amidine groups is 2. The van der Waals surface area contributed by atoms with E-state index in [2.05, 4.69) is 10.1 Å². The van der Waals surface area contributed by atoms with Crippen molar-refractivity contribution in [1.29, 1.82) is 5.41 Å². The molecule has 35 heavy (non-hydrogen) atoms. The number of carbonyl (C=O) groups is 1. The molecule has 0 aromatic heterocycles. The summed E-state index contributed by atoms with van der Waals surface area (Å²) in [5.41, 5.74) is 1.28. The van der Waals surface area contributed by atoms with Crippen molar-refractivity contribution in [3.05, 3.63) is 65.0 Å². The number of ether oxygens (including phenoxy) is 2. The molecule has 0 radical (unpaired) electrons. The fraction of sp³-hybridized carbons (Fsp3) is 0.217. The van der Waals surface area contributed by atoms with Crippen LogP contribution in [0.1, 0.15) is 25.0 Å². The highest BCUT2D eigenvalue weighted by atomic mass is 32.3. The molecule has 0 bridgehead atoms. The quantitative estimate of drug-likeness (QED) is 0.555. The van der Waals surface area contributed by atoms with Crippen LogP contribution in [0.25, 0.3) is 6.08 Å². The number of hydrazone groups is 1. The largest absolute Gasteiger partial charge is 0.490 e. The van der Waals surface area contributed by atoms with Crippen LogP contribution >= 0.6 is 11.8 Å². The highest BCUT2D eigenvalue weighted by Crippen LogP contribution is 2.33. The molecule has 2 aromatic rings. The van der Waals surface area contributed by atoms with Crippen LogP contribution in [0.2, 0.25) is 0 Å². The number of nitrogens with zero attached hydrogens (tertiary/aromatic N) is 3. The molecular weight excluding hydrogens is 495 g/mol. The normalized spacial score (nSPS) is 16.8. The summed E-state index contributed by atoms with van der Waals surface area (Å²) >= 11 is 0.749. The van der Waals surface area contributed by atoms with Gasteiger partial charge in [-0.2, -0.15) is 10.0 Å². The lowest BCUT2D eigenvalue weighted by Crippen LogP contribution is -2.35. The van der Waals surface area contributed by atoms with Crippen molar-refractivity contribution in [2.24, 2.45) is 10.1 Å². The summed E-state index contributed by atoms with van der Waals surface area (Å²) in [6, 6.07) is 11.0. The van der Waals surface area contributed by atoms with Gasteiger partial charge in [-0.05, 0) is 60.2 Å². The maximum Gasteiger partial charge on any atom is 0.283 e. The summed E-state index contributed by atoms with van der Waals surface area (Å²) in [6.07, 6.45) is 1.46. The molecule has 2 aliphatic rings. The molecule has 1 amide bonds. The van der Waals surface area contributed by atoms with E-state index >= 15 is 0 Å². The third-order valence-corrected chi connectivity index (χ3v) is 8.06. The summed E-state index contributed by atoms with van der Waals surface area (Å²) in [4.78, 5) is 16.5. The van der Waals surface area contributed by atoms with Gasteiger partial charge in [0.15, 0.2) is 17.3 Å². The van der Waals surface area contributed by atoms with Gasteiger partial charge < -0.3 is 9.47 Å². The van der Waals surface area contributed by atoms with Crippen molar-refractivity contribution in [2.45, 2.75) is 20.5 Å². The van der Waals surface area contributed by atoms with Crippen LogP contribution in [0.5, 0.6) is 11.5 Å². The van der Waals surface area contributed by atoms with Crippen LogP contribution in [0.4, 0.5) is 4.39 Å². The van der Waals surface area contributed by atoms with E-state index in [0.29, 0.717) is 23.7 Å². The molecular formula is C23H21FN4O5S2. The van der Waals surface area contributed by atoms with Crippen LogP contribution in [0.15, 0.2) is 58.1 Å². The number of carbonyl (C=O) groups excluding carboxylic acids is 1. The maximum absolute atomic E-state index is 13.1. The minimum Gasteiger partial charge on any atom is -0.490 e. The second-order valence-electron chi connectivity index (χ2n) is 7.34. The first kappa shape index (κ1) is 24.6. The number of hydrogen-bond acceptors (Lipinski definition) is 8. The molecule has 12 heteroatoms. The number of halogens is 1. The number of sulfone groups is 1. The Hall–Kier alpha value is -3.51. The van der Waals surface area contributed by atoms with Crippen molar-refractivity contribution in [1.82, 2.24) is 5.01 Å². The summed E-state index contributed by atoms with van der Waals surface area (Å²) in [5.74, 6) is -0.550. The van der Waals surface area contributed by atoms with E-state index < -0.39 is 15.7 Å². The first-order valence-corrected chi connectivity index (χ1v) is 13.1. The minimum absolute atomic E-state index is 0.0312. The van der Waals surface area contributed by atoms with Gasteiger partial charge in [0.1, 0.15) is 12.4 Å². The van der Waals surface area contributed by atoms with Crippen molar-refractivity contribution >= 4 is 49.0 Å². The van der Waals surface area contributed by atoms with Gasteiger partial charge >= 0.3 is 0 Å². The monoisotopic (exact) mass is 516 g/mol. The maximum atomic E-state index is 13.1. The molecule has 0 saturated carbocycles. The van der Waals surface area contributed by atoms with Crippen LogP contribution in [0.3, 0.4) is 0 Å².